The zero-order valence-electron chi connectivity index (χ0n) is 12.6. The molecule has 4 N–H and O–H groups in total. The van der Waals surface area contributed by atoms with Crippen LogP contribution in [0.4, 0.5) is 5.69 Å². The summed E-state index contributed by atoms with van der Waals surface area (Å²) >= 11 is 0. The monoisotopic (exact) mass is 289 g/mol. The van der Waals surface area contributed by atoms with E-state index in [2.05, 4.69) is 10.6 Å². The van der Waals surface area contributed by atoms with Crippen molar-refractivity contribution in [1.29, 1.82) is 0 Å². The first-order valence-electron chi connectivity index (χ1n) is 7.42. The van der Waals surface area contributed by atoms with E-state index in [4.69, 9.17) is 5.73 Å². The van der Waals surface area contributed by atoms with Gasteiger partial charge in [0.25, 0.3) is 5.91 Å². The smallest absolute Gasteiger partial charge is 0.251 e. The SMILES string of the molecule is CCNC(=O)c1ccc(NC(=O)C2(C)CCCC2N)cc1. The molecule has 5 heteroatoms. The standard InChI is InChI=1S/C16H23N3O2/c1-3-18-14(20)11-6-8-12(9-7-11)19-15(21)16(2)10-4-5-13(16)17/h6-9,13H,3-5,10,17H2,1-2H3,(H,18,20)(H,19,21). The Kier molecular flexibility index (Phi) is 4.63. The molecule has 0 aliphatic heterocycles. The van der Waals surface area contributed by atoms with Crippen molar-refractivity contribution in [3.05, 3.63) is 29.8 Å². The molecule has 0 saturated heterocycles. The van der Waals surface area contributed by atoms with Gasteiger partial charge >= 0.3 is 0 Å². The van der Waals surface area contributed by atoms with Gasteiger partial charge in [0.05, 0.1) is 5.41 Å². The molecule has 1 aliphatic rings. The fourth-order valence-electron chi connectivity index (χ4n) is 2.72. The highest BCUT2D eigenvalue weighted by Crippen LogP contribution is 2.37. The van der Waals surface area contributed by atoms with Gasteiger partial charge in [0.1, 0.15) is 0 Å². The average molecular weight is 289 g/mol. The van der Waals surface area contributed by atoms with E-state index in [9.17, 15) is 9.59 Å². The average Bonchev–Trinajstić information content (AvgIpc) is 2.81. The topological polar surface area (TPSA) is 84.2 Å². The van der Waals surface area contributed by atoms with Crippen LogP contribution in [0.25, 0.3) is 0 Å². The van der Waals surface area contributed by atoms with Crippen LogP contribution in [-0.2, 0) is 4.79 Å². The van der Waals surface area contributed by atoms with E-state index in [1.54, 1.807) is 24.3 Å². The number of nitrogens with two attached hydrogens (primary N) is 1. The molecule has 2 rings (SSSR count). The Labute approximate surface area is 125 Å². The Morgan fingerprint density at radius 3 is 2.52 bits per heavy atom. The summed E-state index contributed by atoms with van der Waals surface area (Å²) in [6, 6.07) is 6.81. The summed E-state index contributed by atoms with van der Waals surface area (Å²) in [5, 5.41) is 5.64. The minimum absolute atomic E-state index is 0.0433. The zero-order valence-corrected chi connectivity index (χ0v) is 12.6. The molecular weight excluding hydrogens is 266 g/mol. The van der Waals surface area contributed by atoms with Gasteiger partial charge in [0, 0.05) is 23.8 Å². The van der Waals surface area contributed by atoms with Crippen molar-refractivity contribution >= 4 is 17.5 Å². The summed E-state index contributed by atoms with van der Waals surface area (Å²) in [4.78, 5) is 24.1. The van der Waals surface area contributed by atoms with Crippen LogP contribution in [0.3, 0.4) is 0 Å². The van der Waals surface area contributed by atoms with Gasteiger partial charge in [-0.25, -0.2) is 0 Å². The van der Waals surface area contributed by atoms with Gasteiger partial charge in [-0.05, 0) is 51.0 Å². The second kappa shape index (κ2) is 6.26. The van der Waals surface area contributed by atoms with Crippen molar-refractivity contribution in [1.82, 2.24) is 5.32 Å². The molecule has 2 atom stereocenters. The largest absolute Gasteiger partial charge is 0.352 e. The molecule has 21 heavy (non-hydrogen) atoms. The maximum atomic E-state index is 12.4. The van der Waals surface area contributed by atoms with Gasteiger partial charge in [-0.3, -0.25) is 9.59 Å². The van der Waals surface area contributed by atoms with Crippen LogP contribution in [0.2, 0.25) is 0 Å². The van der Waals surface area contributed by atoms with Crippen LogP contribution < -0.4 is 16.4 Å². The lowest BCUT2D eigenvalue weighted by atomic mass is 9.84. The number of amides is 2. The first kappa shape index (κ1) is 15.5. The number of nitrogens with one attached hydrogen (secondary N) is 2. The van der Waals surface area contributed by atoms with E-state index in [-0.39, 0.29) is 17.9 Å². The number of anilines is 1. The molecule has 0 radical (unpaired) electrons. The molecule has 0 aromatic heterocycles. The number of hydrogen-bond acceptors (Lipinski definition) is 3. The van der Waals surface area contributed by atoms with Gasteiger partial charge in [-0.2, -0.15) is 0 Å². The van der Waals surface area contributed by atoms with Crippen LogP contribution >= 0.6 is 0 Å². The van der Waals surface area contributed by atoms with E-state index >= 15 is 0 Å². The second-order valence-electron chi connectivity index (χ2n) is 5.81. The molecule has 1 saturated carbocycles. The lowest BCUT2D eigenvalue weighted by molar-refractivity contribution is -0.125. The number of rotatable bonds is 4. The lowest BCUT2D eigenvalue weighted by Gasteiger charge is -2.27. The molecule has 2 amide bonds. The summed E-state index contributed by atoms with van der Waals surface area (Å²) in [5.74, 6) is -0.154. The molecule has 1 aromatic carbocycles. The van der Waals surface area contributed by atoms with E-state index in [1.165, 1.54) is 0 Å². The van der Waals surface area contributed by atoms with Crippen molar-refractivity contribution < 1.29 is 9.59 Å². The van der Waals surface area contributed by atoms with Crippen molar-refractivity contribution in [3.63, 3.8) is 0 Å². The molecule has 114 valence electrons. The van der Waals surface area contributed by atoms with Crippen LogP contribution in [-0.4, -0.2) is 24.4 Å². The Balaban J connectivity index is 2.03. The van der Waals surface area contributed by atoms with Gasteiger partial charge in [0.15, 0.2) is 0 Å². The third-order valence-electron chi connectivity index (χ3n) is 4.29. The fourth-order valence-corrected chi connectivity index (χ4v) is 2.72. The predicted octanol–water partition coefficient (Wildman–Crippen LogP) is 1.89. The first-order chi connectivity index (χ1) is 9.97. The number of benzene rings is 1. The molecule has 2 unspecified atom stereocenters. The van der Waals surface area contributed by atoms with E-state index in [1.807, 2.05) is 13.8 Å². The van der Waals surface area contributed by atoms with Crippen LogP contribution in [0.1, 0.15) is 43.5 Å². The Morgan fingerprint density at radius 1 is 1.33 bits per heavy atom. The Morgan fingerprint density at radius 2 is 2.00 bits per heavy atom. The minimum atomic E-state index is -0.502. The highest BCUT2D eigenvalue weighted by atomic mass is 16.2. The molecule has 0 bridgehead atoms. The molecule has 0 heterocycles. The van der Waals surface area contributed by atoms with E-state index < -0.39 is 5.41 Å². The van der Waals surface area contributed by atoms with Crippen molar-refractivity contribution in [2.45, 2.75) is 39.2 Å². The maximum absolute atomic E-state index is 12.4. The molecule has 1 fully saturated rings. The summed E-state index contributed by atoms with van der Waals surface area (Å²) in [5.41, 5.74) is 6.82. The summed E-state index contributed by atoms with van der Waals surface area (Å²) in [7, 11) is 0. The third-order valence-corrected chi connectivity index (χ3v) is 4.29. The predicted molar refractivity (Wildman–Crippen MR) is 83.0 cm³/mol. The normalized spacial score (nSPS) is 24.6. The fraction of sp³-hybridized carbons (Fsp3) is 0.500. The lowest BCUT2D eigenvalue weighted by Crippen LogP contribution is -2.44. The molecule has 5 nitrogen and oxygen atoms in total. The Hall–Kier alpha value is -1.88. The first-order valence-corrected chi connectivity index (χ1v) is 7.42. The molecule has 1 aliphatic carbocycles. The van der Waals surface area contributed by atoms with Gasteiger partial charge in [-0.15, -0.1) is 0 Å². The summed E-state index contributed by atoms with van der Waals surface area (Å²) in [6.07, 6.45) is 2.69. The van der Waals surface area contributed by atoms with Gasteiger partial charge in [-0.1, -0.05) is 6.42 Å². The Bertz CT molecular complexity index is 527. The second-order valence-corrected chi connectivity index (χ2v) is 5.81. The van der Waals surface area contributed by atoms with Crippen LogP contribution in [0.5, 0.6) is 0 Å². The van der Waals surface area contributed by atoms with Crippen LogP contribution in [0, 0.1) is 5.41 Å². The maximum Gasteiger partial charge on any atom is 0.251 e. The minimum Gasteiger partial charge on any atom is -0.352 e. The van der Waals surface area contributed by atoms with Crippen molar-refractivity contribution in [2.75, 3.05) is 11.9 Å². The summed E-state index contributed by atoms with van der Waals surface area (Å²) < 4.78 is 0. The zero-order chi connectivity index (χ0) is 15.5. The number of carbonyl (C=O) groups is 2. The van der Waals surface area contributed by atoms with E-state index in [0.29, 0.717) is 17.8 Å². The molecule has 1 aromatic rings. The highest BCUT2D eigenvalue weighted by molar-refractivity contribution is 5.97. The van der Waals surface area contributed by atoms with Gasteiger partial charge in [0.2, 0.25) is 5.91 Å². The van der Waals surface area contributed by atoms with Crippen LogP contribution in [0.15, 0.2) is 24.3 Å². The van der Waals surface area contributed by atoms with Crippen molar-refractivity contribution in [3.8, 4) is 0 Å². The molecule has 0 spiro atoms. The third kappa shape index (κ3) is 3.24. The quantitative estimate of drug-likeness (QED) is 0.791. The van der Waals surface area contributed by atoms with E-state index in [0.717, 1.165) is 19.3 Å². The molecular formula is C16H23N3O2. The van der Waals surface area contributed by atoms with Gasteiger partial charge < -0.3 is 16.4 Å². The highest BCUT2D eigenvalue weighted by Gasteiger charge is 2.42. The number of hydrogen-bond donors (Lipinski definition) is 3. The van der Waals surface area contributed by atoms with Crippen molar-refractivity contribution in [2.24, 2.45) is 11.1 Å². The summed E-state index contributed by atoms with van der Waals surface area (Å²) in [6.45, 7) is 4.38. The number of carbonyl (C=O) groups excluding carboxylic acids is 2.